The van der Waals surface area contributed by atoms with Crippen molar-refractivity contribution >= 4 is 32.8 Å². The van der Waals surface area contributed by atoms with Crippen molar-refractivity contribution in [2.24, 2.45) is 26.7 Å². The van der Waals surface area contributed by atoms with E-state index in [0.717, 1.165) is 5.52 Å². The van der Waals surface area contributed by atoms with Crippen molar-refractivity contribution in [2.75, 3.05) is 25.5 Å². The number of fused-ring (bicyclic) bond motifs is 1. The molecule has 2 aliphatic heterocycles. The third-order valence-electron chi connectivity index (χ3n) is 6.12. The van der Waals surface area contributed by atoms with Gasteiger partial charge in [-0.25, -0.2) is 22.8 Å². The lowest BCUT2D eigenvalue weighted by atomic mass is 9.93. The molecule has 5 rings (SSSR count). The summed E-state index contributed by atoms with van der Waals surface area (Å²) in [5, 5.41) is 8.07. The van der Waals surface area contributed by atoms with Crippen LogP contribution in [0.2, 0.25) is 0 Å². The maximum absolute atomic E-state index is 13.9. The standard InChI is InChI=1S/C21H24FN9O2S/c22-14-6-7-31(9-15(14)24)34(32,33)17-5-4-11(18(13(17)8-23)20-26-10-27-30-20)12-2-1-3-16-19(12)29-21(25)28-16/h1-5,14-15H,6-10,23-24H2,(H3,25,28,29)/t14-,15-/m1/s1. The summed E-state index contributed by atoms with van der Waals surface area (Å²) in [6, 6.07) is 7.83. The van der Waals surface area contributed by atoms with Gasteiger partial charge >= 0.3 is 0 Å². The van der Waals surface area contributed by atoms with Gasteiger partial charge in [-0.1, -0.05) is 18.2 Å². The zero-order chi connectivity index (χ0) is 24.0. The van der Waals surface area contributed by atoms with Crippen LogP contribution in [-0.4, -0.2) is 60.5 Å². The number of hydrogen-bond donors (Lipinski definition) is 4. The van der Waals surface area contributed by atoms with Crippen LogP contribution in [0.1, 0.15) is 17.5 Å². The van der Waals surface area contributed by atoms with Crippen LogP contribution in [0.3, 0.4) is 0 Å². The SMILES string of the molecule is NCc1c(S(=O)(=O)N2CC[C@@H](F)[C@H](N)C2)ccc(-c2cccc3[nH]c(N)nc23)c1C1=NCN=N1. The average molecular weight is 486 g/mol. The molecule has 3 heterocycles. The molecule has 1 fully saturated rings. The van der Waals surface area contributed by atoms with E-state index in [4.69, 9.17) is 17.2 Å². The highest BCUT2D eigenvalue weighted by molar-refractivity contribution is 7.89. The van der Waals surface area contributed by atoms with Gasteiger partial charge in [0, 0.05) is 36.8 Å². The fraction of sp³-hybridized carbons (Fsp3) is 0.333. The van der Waals surface area contributed by atoms with E-state index in [1.165, 1.54) is 10.4 Å². The molecule has 13 heteroatoms. The zero-order valence-corrected chi connectivity index (χ0v) is 19.0. The van der Waals surface area contributed by atoms with Crippen molar-refractivity contribution in [1.29, 1.82) is 0 Å². The molecule has 0 aliphatic carbocycles. The van der Waals surface area contributed by atoms with Gasteiger partial charge in [0.05, 0.1) is 15.9 Å². The largest absolute Gasteiger partial charge is 0.369 e. The van der Waals surface area contributed by atoms with E-state index in [9.17, 15) is 12.8 Å². The van der Waals surface area contributed by atoms with Crippen molar-refractivity contribution in [3.63, 3.8) is 0 Å². The van der Waals surface area contributed by atoms with E-state index in [2.05, 4.69) is 25.2 Å². The number of aromatic amines is 1. The second kappa shape index (κ2) is 8.51. The predicted octanol–water partition coefficient (Wildman–Crippen LogP) is 1.50. The number of amidine groups is 1. The number of aliphatic imine (C=N–C) groups is 1. The maximum Gasteiger partial charge on any atom is 0.243 e. The van der Waals surface area contributed by atoms with Gasteiger partial charge in [0.1, 0.15) is 6.17 Å². The van der Waals surface area contributed by atoms with E-state index in [1.54, 1.807) is 6.07 Å². The molecular formula is C21H24FN9O2S. The number of H-pyrrole nitrogens is 1. The molecule has 0 unspecified atom stereocenters. The van der Waals surface area contributed by atoms with Crippen LogP contribution >= 0.6 is 0 Å². The molecule has 0 saturated carbocycles. The molecular weight excluding hydrogens is 461 g/mol. The number of nitrogens with zero attached hydrogens (tertiary/aromatic N) is 5. The van der Waals surface area contributed by atoms with Gasteiger partial charge in [0.25, 0.3) is 0 Å². The van der Waals surface area contributed by atoms with Crippen molar-refractivity contribution < 1.29 is 12.8 Å². The summed E-state index contributed by atoms with van der Waals surface area (Å²) in [6.45, 7) is -0.0489. The Hall–Kier alpha value is -3.26. The number of imidazole rings is 1. The van der Waals surface area contributed by atoms with Crippen molar-refractivity contribution in [1.82, 2.24) is 14.3 Å². The normalized spacial score (nSPS) is 21.3. The number of azo groups is 1. The number of benzene rings is 2. The summed E-state index contributed by atoms with van der Waals surface area (Å²) in [5.74, 6) is 0.542. The number of sulfonamides is 1. The summed E-state index contributed by atoms with van der Waals surface area (Å²) in [4.78, 5) is 11.7. The Kier molecular flexibility index (Phi) is 5.64. The number of nitrogens with one attached hydrogen (secondary N) is 1. The smallest absolute Gasteiger partial charge is 0.243 e. The number of piperidine rings is 1. The summed E-state index contributed by atoms with van der Waals surface area (Å²) in [7, 11) is -4.01. The Balaban J connectivity index is 1.72. The first-order valence-electron chi connectivity index (χ1n) is 10.7. The maximum atomic E-state index is 13.9. The molecule has 0 amide bonds. The number of aromatic nitrogens is 2. The van der Waals surface area contributed by atoms with E-state index < -0.39 is 22.2 Å². The minimum absolute atomic E-state index is 0.0109. The average Bonchev–Trinajstić information content (AvgIpc) is 3.48. The Morgan fingerprint density at radius 3 is 2.74 bits per heavy atom. The Morgan fingerprint density at radius 1 is 1.21 bits per heavy atom. The topological polar surface area (TPSA) is 181 Å². The van der Waals surface area contributed by atoms with Crippen LogP contribution in [0.5, 0.6) is 0 Å². The molecule has 3 aromatic rings. The summed E-state index contributed by atoms with van der Waals surface area (Å²) < 4.78 is 42.3. The second-order valence-electron chi connectivity index (χ2n) is 8.19. The van der Waals surface area contributed by atoms with Crippen molar-refractivity contribution in [2.45, 2.75) is 30.1 Å². The van der Waals surface area contributed by atoms with E-state index >= 15 is 0 Å². The molecule has 0 bridgehead atoms. The number of para-hydroxylation sites is 1. The lowest BCUT2D eigenvalue weighted by molar-refractivity contribution is 0.181. The Morgan fingerprint density at radius 2 is 2.03 bits per heavy atom. The summed E-state index contributed by atoms with van der Waals surface area (Å²) in [6.07, 6.45) is -1.21. The number of hydrogen-bond acceptors (Lipinski definition) is 9. The summed E-state index contributed by atoms with van der Waals surface area (Å²) in [5.41, 5.74) is 21.3. The van der Waals surface area contributed by atoms with Gasteiger partial charge in [0.2, 0.25) is 10.0 Å². The van der Waals surface area contributed by atoms with Gasteiger partial charge < -0.3 is 22.2 Å². The van der Waals surface area contributed by atoms with Crippen LogP contribution in [0, 0.1) is 0 Å². The lowest BCUT2D eigenvalue weighted by Crippen LogP contribution is -2.51. The number of halogens is 1. The fourth-order valence-electron chi connectivity index (χ4n) is 4.46. The number of anilines is 1. The quantitative estimate of drug-likeness (QED) is 0.425. The number of alkyl halides is 1. The molecule has 11 nitrogen and oxygen atoms in total. The Bertz CT molecular complexity index is 1430. The molecule has 178 valence electrons. The second-order valence-corrected chi connectivity index (χ2v) is 10.1. The number of nitrogens with two attached hydrogens (primary N) is 3. The Labute approximate surface area is 195 Å². The predicted molar refractivity (Wildman–Crippen MR) is 126 cm³/mol. The minimum Gasteiger partial charge on any atom is -0.369 e. The van der Waals surface area contributed by atoms with Gasteiger partial charge in [-0.2, -0.15) is 9.42 Å². The third-order valence-corrected chi connectivity index (χ3v) is 8.07. The van der Waals surface area contributed by atoms with Crippen LogP contribution in [0.25, 0.3) is 22.2 Å². The van der Waals surface area contributed by atoms with E-state index in [1.807, 2.05) is 18.2 Å². The minimum atomic E-state index is -4.01. The van der Waals surface area contributed by atoms with E-state index in [-0.39, 0.29) is 49.4 Å². The van der Waals surface area contributed by atoms with Gasteiger partial charge in [0.15, 0.2) is 18.5 Å². The first-order chi connectivity index (χ1) is 16.3. The molecule has 2 aliphatic rings. The highest BCUT2D eigenvalue weighted by Gasteiger charge is 2.36. The van der Waals surface area contributed by atoms with Gasteiger partial charge in [-0.3, -0.25) is 0 Å². The molecule has 1 saturated heterocycles. The van der Waals surface area contributed by atoms with E-state index in [0.29, 0.717) is 27.8 Å². The monoisotopic (exact) mass is 485 g/mol. The van der Waals surface area contributed by atoms with Crippen LogP contribution in [-0.2, 0) is 16.6 Å². The van der Waals surface area contributed by atoms with Crippen LogP contribution < -0.4 is 17.2 Å². The van der Waals surface area contributed by atoms with Gasteiger partial charge in [-0.05, 0) is 29.7 Å². The fourth-order valence-corrected chi connectivity index (χ4v) is 6.19. The molecule has 2 aromatic carbocycles. The first-order valence-corrected chi connectivity index (χ1v) is 12.2. The third kappa shape index (κ3) is 3.66. The molecule has 0 radical (unpaired) electrons. The number of rotatable bonds is 5. The molecule has 2 atom stereocenters. The van der Waals surface area contributed by atoms with Gasteiger partial charge in [-0.15, -0.1) is 5.11 Å². The molecule has 7 N–H and O–H groups in total. The van der Waals surface area contributed by atoms with Crippen LogP contribution in [0.15, 0.2) is 50.4 Å². The van der Waals surface area contributed by atoms with Crippen LogP contribution in [0.4, 0.5) is 10.3 Å². The molecule has 34 heavy (non-hydrogen) atoms. The molecule has 0 spiro atoms. The summed E-state index contributed by atoms with van der Waals surface area (Å²) >= 11 is 0. The number of nitrogen functional groups attached to an aromatic ring is 1. The lowest BCUT2D eigenvalue weighted by Gasteiger charge is -2.33. The first kappa shape index (κ1) is 22.5. The highest BCUT2D eigenvalue weighted by atomic mass is 32.2. The highest BCUT2D eigenvalue weighted by Crippen LogP contribution is 2.37. The van der Waals surface area contributed by atoms with Crippen molar-refractivity contribution in [3.05, 3.63) is 41.5 Å². The zero-order valence-electron chi connectivity index (χ0n) is 18.1. The van der Waals surface area contributed by atoms with Crippen molar-refractivity contribution in [3.8, 4) is 11.1 Å². The molecule has 1 aromatic heterocycles.